The summed E-state index contributed by atoms with van der Waals surface area (Å²) in [6, 6.07) is 7.11. The lowest BCUT2D eigenvalue weighted by Crippen LogP contribution is -1.98. The van der Waals surface area contributed by atoms with E-state index in [0.29, 0.717) is 6.54 Å². The molecule has 2 N–H and O–H groups in total. The van der Waals surface area contributed by atoms with Crippen molar-refractivity contribution in [1.82, 2.24) is 10.2 Å². The van der Waals surface area contributed by atoms with Gasteiger partial charge < -0.3 is 10.4 Å². The van der Waals surface area contributed by atoms with E-state index in [9.17, 15) is 0 Å². The number of nitrogens with zero attached hydrogens (tertiary/aromatic N) is 2. The number of hydrogen-bond acceptors (Lipinski definition) is 5. The Morgan fingerprint density at radius 3 is 2.62 bits per heavy atom. The van der Waals surface area contributed by atoms with Crippen LogP contribution in [0.5, 0.6) is 5.75 Å². The number of anilines is 1. The summed E-state index contributed by atoms with van der Waals surface area (Å²) in [5.41, 5.74) is 1.10. The average Bonchev–Trinajstić information content (AvgIpc) is 2.76. The number of phenolic OH excluding ortho intramolecular Hbond substituents is 1. The molecular formula is C11H13N3OS. The second kappa shape index (κ2) is 4.94. The van der Waals surface area contributed by atoms with Crippen LogP contribution < -0.4 is 5.32 Å². The first kappa shape index (κ1) is 10.9. The molecule has 4 nitrogen and oxygen atoms in total. The standard InChI is InChI=1S/C11H13N3OS/c1-2-10-13-14-11(16-10)12-7-8-3-5-9(15)6-4-8/h3-6,15H,2,7H2,1H3,(H,12,14). The minimum Gasteiger partial charge on any atom is -0.508 e. The van der Waals surface area contributed by atoms with E-state index in [4.69, 9.17) is 5.11 Å². The fraction of sp³-hybridized carbons (Fsp3) is 0.273. The van der Waals surface area contributed by atoms with Gasteiger partial charge in [-0.15, -0.1) is 10.2 Å². The van der Waals surface area contributed by atoms with E-state index >= 15 is 0 Å². The van der Waals surface area contributed by atoms with Gasteiger partial charge in [0.15, 0.2) is 0 Å². The van der Waals surface area contributed by atoms with E-state index < -0.39 is 0 Å². The summed E-state index contributed by atoms with van der Waals surface area (Å²) >= 11 is 1.57. The van der Waals surface area contributed by atoms with Crippen LogP contribution in [0.2, 0.25) is 0 Å². The second-order valence-corrected chi connectivity index (χ2v) is 4.44. The van der Waals surface area contributed by atoms with Crippen LogP contribution in [-0.2, 0) is 13.0 Å². The van der Waals surface area contributed by atoms with Crippen molar-refractivity contribution < 1.29 is 5.11 Å². The van der Waals surface area contributed by atoms with Gasteiger partial charge in [0.25, 0.3) is 0 Å². The molecule has 0 bridgehead atoms. The molecule has 5 heteroatoms. The third kappa shape index (κ3) is 2.70. The lowest BCUT2D eigenvalue weighted by molar-refractivity contribution is 0.475. The van der Waals surface area contributed by atoms with Crippen LogP contribution in [0.4, 0.5) is 5.13 Å². The largest absolute Gasteiger partial charge is 0.508 e. The molecule has 1 aromatic carbocycles. The molecular weight excluding hydrogens is 222 g/mol. The summed E-state index contributed by atoms with van der Waals surface area (Å²) in [5.74, 6) is 0.285. The van der Waals surface area contributed by atoms with Crippen molar-refractivity contribution in [2.24, 2.45) is 0 Å². The molecule has 0 unspecified atom stereocenters. The van der Waals surface area contributed by atoms with E-state index in [-0.39, 0.29) is 5.75 Å². The Morgan fingerprint density at radius 2 is 2.00 bits per heavy atom. The van der Waals surface area contributed by atoms with E-state index in [1.165, 1.54) is 0 Å². The lowest BCUT2D eigenvalue weighted by atomic mass is 10.2. The molecule has 0 aliphatic heterocycles. The summed E-state index contributed by atoms with van der Waals surface area (Å²) in [7, 11) is 0. The number of hydrogen-bond donors (Lipinski definition) is 2. The molecule has 0 atom stereocenters. The normalized spacial score (nSPS) is 10.3. The maximum Gasteiger partial charge on any atom is 0.205 e. The number of aromatic hydroxyl groups is 1. The molecule has 2 aromatic rings. The van der Waals surface area contributed by atoms with Crippen molar-refractivity contribution in [3.63, 3.8) is 0 Å². The SMILES string of the molecule is CCc1nnc(NCc2ccc(O)cc2)s1. The second-order valence-electron chi connectivity index (χ2n) is 3.37. The van der Waals surface area contributed by atoms with Crippen molar-refractivity contribution in [2.75, 3.05) is 5.32 Å². The zero-order valence-corrected chi connectivity index (χ0v) is 9.79. The van der Waals surface area contributed by atoms with Gasteiger partial charge in [0.2, 0.25) is 5.13 Å². The Balaban J connectivity index is 1.94. The molecule has 0 spiro atoms. The summed E-state index contributed by atoms with van der Waals surface area (Å²) in [6.45, 7) is 2.75. The van der Waals surface area contributed by atoms with Gasteiger partial charge in [0, 0.05) is 6.54 Å². The molecule has 0 saturated heterocycles. The molecule has 84 valence electrons. The van der Waals surface area contributed by atoms with E-state index in [2.05, 4.69) is 22.4 Å². The van der Waals surface area contributed by atoms with Crippen LogP contribution in [0, 0.1) is 0 Å². The average molecular weight is 235 g/mol. The smallest absolute Gasteiger partial charge is 0.205 e. The predicted molar refractivity (Wildman–Crippen MR) is 64.7 cm³/mol. The highest BCUT2D eigenvalue weighted by molar-refractivity contribution is 7.15. The topological polar surface area (TPSA) is 58.0 Å². The highest BCUT2D eigenvalue weighted by Gasteiger charge is 2.01. The van der Waals surface area contributed by atoms with Crippen LogP contribution in [0.15, 0.2) is 24.3 Å². The molecule has 0 aliphatic carbocycles. The Bertz CT molecular complexity index is 453. The number of phenols is 1. The quantitative estimate of drug-likeness (QED) is 0.854. The number of aryl methyl sites for hydroxylation is 1. The Hall–Kier alpha value is -1.62. The van der Waals surface area contributed by atoms with Gasteiger partial charge in [-0.3, -0.25) is 0 Å². The van der Waals surface area contributed by atoms with Crippen molar-refractivity contribution in [1.29, 1.82) is 0 Å². The first-order chi connectivity index (χ1) is 7.78. The van der Waals surface area contributed by atoms with E-state index in [1.807, 2.05) is 12.1 Å². The Morgan fingerprint density at radius 1 is 1.25 bits per heavy atom. The molecule has 2 rings (SSSR count). The van der Waals surface area contributed by atoms with Crippen molar-refractivity contribution in [2.45, 2.75) is 19.9 Å². The molecule has 0 fully saturated rings. The van der Waals surface area contributed by atoms with Gasteiger partial charge in [-0.25, -0.2) is 0 Å². The molecule has 16 heavy (non-hydrogen) atoms. The van der Waals surface area contributed by atoms with Crippen molar-refractivity contribution in [3.8, 4) is 5.75 Å². The Labute approximate surface area is 98.0 Å². The van der Waals surface area contributed by atoms with Gasteiger partial charge >= 0.3 is 0 Å². The fourth-order valence-electron chi connectivity index (χ4n) is 1.26. The highest BCUT2D eigenvalue weighted by atomic mass is 32.1. The lowest BCUT2D eigenvalue weighted by Gasteiger charge is -2.01. The number of benzene rings is 1. The van der Waals surface area contributed by atoms with E-state index in [0.717, 1.165) is 22.1 Å². The summed E-state index contributed by atoms with van der Waals surface area (Å²) in [6.07, 6.45) is 0.915. The third-order valence-corrected chi connectivity index (χ3v) is 3.17. The summed E-state index contributed by atoms with van der Waals surface area (Å²) < 4.78 is 0. The van der Waals surface area contributed by atoms with Crippen LogP contribution in [0.25, 0.3) is 0 Å². The number of aromatic nitrogens is 2. The van der Waals surface area contributed by atoms with Gasteiger partial charge in [-0.05, 0) is 24.1 Å². The third-order valence-electron chi connectivity index (χ3n) is 2.15. The fourth-order valence-corrected chi connectivity index (χ4v) is 1.93. The minimum absolute atomic E-state index is 0.285. The zero-order chi connectivity index (χ0) is 11.4. The molecule has 1 aromatic heterocycles. The van der Waals surface area contributed by atoms with E-state index in [1.54, 1.807) is 23.5 Å². The molecule has 1 heterocycles. The molecule has 0 amide bonds. The van der Waals surface area contributed by atoms with Crippen molar-refractivity contribution in [3.05, 3.63) is 34.8 Å². The predicted octanol–water partition coefficient (Wildman–Crippen LogP) is 2.42. The molecule has 0 aliphatic rings. The van der Waals surface area contributed by atoms with Crippen LogP contribution in [-0.4, -0.2) is 15.3 Å². The minimum atomic E-state index is 0.285. The van der Waals surface area contributed by atoms with Crippen molar-refractivity contribution >= 4 is 16.5 Å². The first-order valence-corrected chi connectivity index (χ1v) is 5.93. The first-order valence-electron chi connectivity index (χ1n) is 5.12. The van der Waals surface area contributed by atoms with Crippen LogP contribution in [0.1, 0.15) is 17.5 Å². The molecule has 0 saturated carbocycles. The molecule has 0 radical (unpaired) electrons. The van der Waals surface area contributed by atoms with Crippen LogP contribution >= 0.6 is 11.3 Å². The number of nitrogens with one attached hydrogen (secondary N) is 1. The van der Waals surface area contributed by atoms with Gasteiger partial charge in [0.05, 0.1) is 0 Å². The highest BCUT2D eigenvalue weighted by Crippen LogP contribution is 2.17. The monoisotopic (exact) mass is 235 g/mol. The van der Waals surface area contributed by atoms with Gasteiger partial charge in [-0.2, -0.15) is 0 Å². The Kier molecular flexibility index (Phi) is 3.36. The maximum atomic E-state index is 9.14. The van der Waals surface area contributed by atoms with Gasteiger partial charge in [0.1, 0.15) is 10.8 Å². The van der Waals surface area contributed by atoms with Gasteiger partial charge in [-0.1, -0.05) is 30.4 Å². The number of rotatable bonds is 4. The maximum absolute atomic E-state index is 9.14. The summed E-state index contributed by atoms with van der Waals surface area (Å²) in [4.78, 5) is 0. The zero-order valence-electron chi connectivity index (χ0n) is 8.97. The summed E-state index contributed by atoms with van der Waals surface area (Å²) in [5, 5.41) is 22.3. The van der Waals surface area contributed by atoms with Crippen LogP contribution in [0.3, 0.4) is 0 Å².